The molecule has 0 radical (unpaired) electrons. The van der Waals surface area contributed by atoms with Crippen LogP contribution in [0.4, 0.5) is 0 Å². The highest BCUT2D eigenvalue weighted by atomic mass is 16.7. The average molecular weight is 526 g/mol. The molecule has 0 aromatic carbocycles. The van der Waals surface area contributed by atoms with Gasteiger partial charge in [-0.3, -0.25) is 9.59 Å². The summed E-state index contributed by atoms with van der Waals surface area (Å²) in [4.78, 5) is 28.5. The molecule has 4 saturated carbocycles. The van der Waals surface area contributed by atoms with E-state index in [1.165, 1.54) is 25.7 Å². The van der Waals surface area contributed by atoms with Crippen molar-refractivity contribution in [2.24, 2.45) is 34.0 Å². The van der Waals surface area contributed by atoms with Gasteiger partial charge >= 0.3 is 0 Å². The quantitative estimate of drug-likeness (QED) is 0.529. The van der Waals surface area contributed by atoms with Gasteiger partial charge < -0.3 is 19.5 Å². The van der Waals surface area contributed by atoms with Crippen molar-refractivity contribution < 1.29 is 24.2 Å². The third-order valence-electron chi connectivity index (χ3n) is 12.2. The number of carbonyl (C=O) groups is 2. The van der Waals surface area contributed by atoms with E-state index in [0.717, 1.165) is 37.7 Å². The molecule has 5 aliphatic carbocycles. The Bertz CT molecular complexity index is 1060. The molecule has 38 heavy (non-hydrogen) atoms. The summed E-state index contributed by atoms with van der Waals surface area (Å²) < 4.78 is 13.9. The lowest BCUT2D eigenvalue weighted by atomic mass is 9.41. The topological polar surface area (TPSA) is 76.1 Å². The zero-order valence-electron chi connectivity index (χ0n) is 24.0. The fourth-order valence-corrected chi connectivity index (χ4v) is 10.2. The standard InChI is InChI=1S/C32H47NO5/c1-29-15-14-22(34)16-21(29)12-13-23-27(29)24(35)17-31(3)30(23,2)18-26-32(31,25(36)19-33(4)5)38-28(37-26)20-10-8-6-7-9-11-20/h14-16,20,23-24,26-28,35H,6-13,17-19H2,1-5H3/t23?,24?,26-,27?,28-,29?,30+,31?,32-/m1/s1. The van der Waals surface area contributed by atoms with Crippen LogP contribution in [0.3, 0.4) is 0 Å². The van der Waals surface area contributed by atoms with Crippen LogP contribution < -0.4 is 0 Å². The minimum Gasteiger partial charge on any atom is -0.393 e. The number of hydrogen-bond acceptors (Lipinski definition) is 6. The number of aliphatic hydroxyl groups excluding tert-OH is 1. The molecule has 6 rings (SSSR count). The summed E-state index contributed by atoms with van der Waals surface area (Å²) in [7, 11) is 3.88. The second-order valence-corrected chi connectivity index (χ2v) is 14.3. The van der Waals surface area contributed by atoms with Crippen molar-refractivity contribution in [3.8, 4) is 0 Å². The van der Waals surface area contributed by atoms with Crippen molar-refractivity contribution in [1.29, 1.82) is 0 Å². The van der Waals surface area contributed by atoms with Crippen molar-refractivity contribution in [3.63, 3.8) is 0 Å². The Morgan fingerprint density at radius 2 is 1.79 bits per heavy atom. The third kappa shape index (κ3) is 3.52. The first-order valence-electron chi connectivity index (χ1n) is 15.1. The Morgan fingerprint density at radius 1 is 1.08 bits per heavy atom. The van der Waals surface area contributed by atoms with E-state index in [9.17, 15) is 14.7 Å². The molecule has 6 nitrogen and oxygen atoms in total. The van der Waals surface area contributed by atoms with Crippen LogP contribution >= 0.6 is 0 Å². The zero-order chi connectivity index (χ0) is 27.1. The first kappa shape index (κ1) is 26.9. The fourth-order valence-electron chi connectivity index (χ4n) is 10.2. The van der Waals surface area contributed by atoms with Gasteiger partial charge in [0.05, 0.1) is 18.8 Å². The van der Waals surface area contributed by atoms with E-state index in [4.69, 9.17) is 9.47 Å². The summed E-state index contributed by atoms with van der Waals surface area (Å²) in [6.07, 6.45) is 14.4. The first-order chi connectivity index (χ1) is 18.0. The number of hydrogen-bond donors (Lipinski definition) is 1. The van der Waals surface area contributed by atoms with Crippen molar-refractivity contribution in [2.45, 2.75) is 109 Å². The number of allylic oxidation sites excluding steroid dienone is 4. The smallest absolute Gasteiger partial charge is 0.181 e. The molecule has 5 fully saturated rings. The Morgan fingerprint density at radius 3 is 2.47 bits per heavy atom. The van der Waals surface area contributed by atoms with E-state index in [1.807, 2.05) is 19.0 Å². The number of likely N-dealkylation sites (N-methyl/N-ethyl adjacent to an activating group) is 1. The number of aliphatic hydroxyl groups is 1. The number of Topliss-reactive ketones (excluding diaryl/α,β-unsaturated/α-hetero) is 1. The molecule has 1 N–H and O–H groups in total. The van der Waals surface area contributed by atoms with Gasteiger partial charge in [-0.15, -0.1) is 0 Å². The molecule has 0 amide bonds. The average Bonchev–Trinajstić information content (AvgIpc) is 3.13. The highest BCUT2D eigenvalue weighted by Crippen LogP contribution is 2.75. The van der Waals surface area contributed by atoms with Crippen LogP contribution in [0.2, 0.25) is 0 Å². The van der Waals surface area contributed by atoms with Gasteiger partial charge in [-0.2, -0.15) is 0 Å². The monoisotopic (exact) mass is 525 g/mol. The lowest BCUT2D eigenvalue weighted by Crippen LogP contribution is -2.67. The Kier molecular flexibility index (Phi) is 6.42. The molecule has 210 valence electrons. The summed E-state index contributed by atoms with van der Waals surface area (Å²) in [5.74, 6) is 0.685. The molecule has 0 spiro atoms. The lowest BCUT2D eigenvalue weighted by molar-refractivity contribution is -0.231. The van der Waals surface area contributed by atoms with Gasteiger partial charge in [0.2, 0.25) is 0 Å². The molecule has 1 heterocycles. The van der Waals surface area contributed by atoms with Crippen LogP contribution in [0, 0.1) is 34.0 Å². The predicted molar refractivity (Wildman–Crippen MR) is 145 cm³/mol. The van der Waals surface area contributed by atoms with Gasteiger partial charge in [0.15, 0.2) is 23.5 Å². The zero-order valence-corrected chi connectivity index (χ0v) is 24.0. The molecular weight excluding hydrogens is 478 g/mol. The molecule has 9 atom stereocenters. The molecule has 5 unspecified atom stereocenters. The molecule has 1 aliphatic heterocycles. The normalized spacial score (nSPS) is 48.7. The van der Waals surface area contributed by atoms with E-state index in [2.05, 4.69) is 26.8 Å². The molecular formula is C32H47NO5. The van der Waals surface area contributed by atoms with Gasteiger partial charge in [0.25, 0.3) is 0 Å². The minimum absolute atomic E-state index is 0.00223. The summed E-state index contributed by atoms with van der Waals surface area (Å²) in [5, 5.41) is 12.0. The highest BCUT2D eigenvalue weighted by molar-refractivity contribution is 6.01. The molecule has 0 aromatic heterocycles. The van der Waals surface area contributed by atoms with Gasteiger partial charge in [-0.05, 0) is 76.1 Å². The van der Waals surface area contributed by atoms with Crippen molar-refractivity contribution in [2.75, 3.05) is 20.6 Å². The number of ether oxygens (including phenoxy) is 2. The summed E-state index contributed by atoms with van der Waals surface area (Å²) in [5.41, 5.74) is -1.03. The fraction of sp³-hybridized carbons (Fsp3) is 0.812. The number of rotatable bonds is 4. The van der Waals surface area contributed by atoms with Crippen LogP contribution in [-0.2, 0) is 19.1 Å². The molecule has 0 bridgehead atoms. The maximum Gasteiger partial charge on any atom is 0.181 e. The van der Waals surface area contributed by atoms with Gasteiger partial charge in [-0.1, -0.05) is 58.1 Å². The van der Waals surface area contributed by atoms with Crippen LogP contribution in [0.15, 0.2) is 23.8 Å². The largest absolute Gasteiger partial charge is 0.393 e. The van der Waals surface area contributed by atoms with Crippen molar-refractivity contribution in [3.05, 3.63) is 23.8 Å². The SMILES string of the molecule is CN(C)CC(=O)[C@@]12O[C@H](C3CCCCCC3)O[C@@H]1C[C@@]1(C)C3CCC4=CC(=O)C=CC4(C)C3C(O)CC12C. The van der Waals surface area contributed by atoms with Crippen molar-refractivity contribution >= 4 is 11.6 Å². The Labute approximate surface area is 228 Å². The van der Waals surface area contributed by atoms with E-state index < -0.39 is 17.1 Å². The van der Waals surface area contributed by atoms with E-state index in [1.54, 1.807) is 12.2 Å². The Hall–Kier alpha value is -1.34. The van der Waals surface area contributed by atoms with Crippen LogP contribution in [0.1, 0.15) is 85.0 Å². The van der Waals surface area contributed by atoms with Crippen molar-refractivity contribution in [1.82, 2.24) is 4.90 Å². The minimum atomic E-state index is -1.05. The first-order valence-corrected chi connectivity index (χ1v) is 15.1. The second-order valence-electron chi connectivity index (χ2n) is 14.3. The second kappa shape index (κ2) is 9.09. The van der Waals surface area contributed by atoms with Gasteiger partial charge in [0, 0.05) is 22.7 Å². The maximum atomic E-state index is 14.4. The summed E-state index contributed by atoms with van der Waals surface area (Å²) in [6.45, 7) is 7.09. The lowest BCUT2D eigenvalue weighted by Gasteiger charge is -2.64. The van der Waals surface area contributed by atoms with Crippen LogP contribution in [0.5, 0.6) is 0 Å². The van der Waals surface area contributed by atoms with E-state index in [0.29, 0.717) is 18.9 Å². The molecule has 0 aromatic rings. The summed E-state index contributed by atoms with van der Waals surface area (Å²) in [6, 6.07) is 0. The summed E-state index contributed by atoms with van der Waals surface area (Å²) >= 11 is 0. The van der Waals surface area contributed by atoms with Crippen LogP contribution in [0.25, 0.3) is 0 Å². The van der Waals surface area contributed by atoms with Gasteiger partial charge in [-0.25, -0.2) is 0 Å². The number of carbonyl (C=O) groups excluding carboxylic acids is 2. The maximum absolute atomic E-state index is 14.4. The number of fused-ring (bicyclic) bond motifs is 7. The Balaban J connectivity index is 1.41. The third-order valence-corrected chi connectivity index (χ3v) is 12.2. The molecule has 1 saturated heterocycles. The van der Waals surface area contributed by atoms with Crippen LogP contribution in [-0.4, -0.2) is 66.3 Å². The number of nitrogens with zero attached hydrogens (tertiary/aromatic N) is 1. The molecule has 6 heteroatoms. The van der Waals surface area contributed by atoms with E-state index in [-0.39, 0.29) is 46.6 Å². The molecule has 6 aliphatic rings. The number of ketones is 2. The van der Waals surface area contributed by atoms with Gasteiger partial charge in [0.1, 0.15) is 0 Å². The highest BCUT2D eigenvalue weighted by Gasteiger charge is 2.80. The van der Waals surface area contributed by atoms with E-state index >= 15 is 0 Å². The predicted octanol–water partition coefficient (Wildman–Crippen LogP) is 4.85.